The predicted molar refractivity (Wildman–Crippen MR) is 102 cm³/mol. The summed E-state index contributed by atoms with van der Waals surface area (Å²) in [5.74, 6) is -0.372. The SMILES string of the molecule is O=C(NCCc1cncs1)c1ccc2c(c1)NC(=O)c1ccccc1N2. The molecular weight excluding hydrogens is 348 g/mol. The lowest BCUT2D eigenvalue weighted by Gasteiger charge is -2.11. The number of benzene rings is 2. The van der Waals surface area contributed by atoms with Crippen molar-refractivity contribution in [1.82, 2.24) is 10.3 Å². The molecule has 130 valence electrons. The summed E-state index contributed by atoms with van der Waals surface area (Å²) in [6, 6.07) is 12.5. The fourth-order valence-corrected chi connectivity index (χ4v) is 3.39. The monoisotopic (exact) mass is 364 g/mol. The van der Waals surface area contributed by atoms with Gasteiger partial charge < -0.3 is 16.0 Å². The van der Waals surface area contributed by atoms with Crippen molar-refractivity contribution >= 4 is 40.2 Å². The Hall–Kier alpha value is -3.19. The van der Waals surface area contributed by atoms with Gasteiger partial charge >= 0.3 is 0 Å². The lowest BCUT2D eigenvalue weighted by Crippen LogP contribution is -2.25. The molecule has 1 aromatic heterocycles. The number of fused-ring (bicyclic) bond motifs is 2. The maximum absolute atomic E-state index is 12.4. The van der Waals surface area contributed by atoms with Crippen LogP contribution in [0.1, 0.15) is 25.6 Å². The van der Waals surface area contributed by atoms with E-state index in [1.165, 1.54) is 0 Å². The first-order chi connectivity index (χ1) is 12.7. The molecule has 1 aliphatic heterocycles. The molecule has 0 fully saturated rings. The molecule has 0 spiro atoms. The van der Waals surface area contributed by atoms with Gasteiger partial charge in [0.05, 0.1) is 28.1 Å². The third-order valence-electron chi connectivity index (χ3n) is 4.11. The largest absolute Gasteiger partial charge is 0.353 e. The van der Waals surface area contributed by atoms with Crippen molar-refractivity contribution in [2.45, 2.75) is 6.42 Å². The summed E-state index contributed by atoms with van der Waals surface area (Å²) < 4.78 is 0. The number of nitrogens with zero attached hydrogens (tertiary/aromatic N) is 1. The molecule has 4 rings (SSSR count). The molecule has 6 nitrogen and oxygen atoms in total. The van der Waals surface area contributed by atoms with E-state index in [2.05, 4.69) is 20.9 Å². The highest BCUT2D eigenvalue weighted by molar-refractivity contribution is 7.09. The van der Waals surface area contributed by atoms with Gasteiger partial charge in [-0.25, -0.2) is 0 Å². The highest BCUT2D eigenvalue weighted by Gasteiger charge is 2.19. The Morgan fingerprint density at radius 2 is 1.96 bits per heavy atom. The first-order valence-corrected chi connectivity index (χ1v) is 9.06. The van der Waals surface area contributed by atoms with Gasteiger partial charge in [0.25, 0.3) is 11.8 Å². The minimum absolute atomic E-state index is 0.173. The average molecular weight is 364 g/mol. The minimum atomic E-state index is -0.199. The van der Waals surface area contributed by atoms with Crippen LogP contribution >= 0.6 is 11.3 Å². The van der Waals surface area contributed by atoms with Crippen molar-refractivity contribution in [3.63, 3.8) is 0 Å². The van der Waals surface area contributed by atoms with Gasteiger partial charge in [0.2, 0.25) is 0 Å². The fraction of sp³-hybridized carbons (Fsp3) is 0.105. The van der Waals surface area contributed by atoms with Crippen molar-refractivity contribution < 1.29 is 9.59 Å². The lowest BCUT2D eigenvalue weighted by atomic mass is 10.1. The summed E-state index contributed by atoms with van der Waals surface area (Å²) in [4.78, 5) is 29.9. The summed E-state index contributed by atoms with van der Waals surface area (Å²) in [7, 11) is 0. The normalized spacial score (nSPS) is 12.2. The number of anilines is 3. The van der Waals surface area contributed by atoms with Gasteiger partial charge in [0, 0.05) is 29.6 Å². The van der Waals surface area contributed by atoms with Gasteiger partial charge in [-0.1, -0.05) is 12.1 Å². The Balaban J connectivity index is 1.49. The van der Waals surface area contributed by atoms with E-state index >= 15 is 0 Å². The minimum Gasteiger partial charge on any atom is -0.353 e. The molecule has 0 unspecified atom stereocenters. The second kappa shape index (κ2) is 6.97. The van der Waals surface area contributed by atoms with E-state index in [-0.39, 0.29) is 11.8 Å². The molecule has 7 heteroatoms. The number of aromatic nitrogens is 1. The zero-order valence-electron chi connectivity index (χ0n) is 13.8. The van der Waals surface area contributed by atoms with E-state index in [0.29, 0.717) is 23.4 Å². The molecule has 0 aliphatic carbocycles. The Morgan fingerprint density at radius 3 is 2.81 bits per heavy atom. The van der Waals surface area contributed by atoms with Crippen molar-refractivity contribution in [3.05, 3.63) is 70.2 Å². The summed E-state index contributed by atoms with van der Waals surface area (Å²) in [6.07, 6.45) is 2.55. The summed E-state index contributed by atoms with van der Waals surface area (Å²) in [5, 5.41) is 9.00. The maximum Gasteiger partial charge on any atom is 0.257 e. The number of carbonyl (C=O) groups is 2. The van der Waals surface area contributed by atoms with E-state index < -0.39 is 0 Å². The Morgan fingerprint density at radius 1 is 1.08 bits per heavy atom. The molecule has 0 saturated heterocycles. The van der Waals surface area contributed by atoms with Crippen LogP contribution in [-0.4, -0.2) is 23.3 Å². The molecule has 26 heavy (non-hydrogen) atoms. The topological polar surface area (TPSA) is 83.1 Å². The number of amides is 2. The standard InChI is InChI=1S/C19H16N4O2S/c24-18(21-8-7-13-10-20-11-26-13)12-5-6-16-17(9-12)23-19(25)14-3-1-2-4-15(14)22-16/h1-6,9-11,22H,7-8H2,(H,21,24)(H,23,25). The van der Waals surface area contributed by atoms with Crippen LogP contribution in [0.2, 0.25) is 0 Å². The first-order valence-electron chi connectivity index (χ1n) is 8.18. The van der Waals surface area contributed by atoms with Crippen molar-refractivity contribution in [2.75, 3.05) is 17.2 Å². The number of nitrogens with one attached hydrogen (secondary N) is 3. The number of thiazole rings is 1. The van der Waals surface area contributed by atoms with Gasteiger partial charge in [0.1, 0.15) is 0 Å². The first kappa shape index (κ1) is 16.3. The van der Waals surface area contributed by atoms with Crippen molar-refractivity contribution in [3.8, 4) is 0 Å². The average Bonchev–Trinajstić information content (AvgIpc) is 3.12. The molecular formula is C19H16N4O2S. The molecule has 0 saturated carbocycles. The van der Waals surface area contributed by atoms with Crippen LogP contribution < -0.4 is 16.0 Å². The highest BCUT2D eigenvalue weighted by Crippen LogP contribution is 2.32. The highest BCUT2D eigenvalue weighted by atomic mass is 32.1. The molecule has 0 radical (unpaired) electrons. The zero-order chi connectivity index (χ0) is 17.9. The maximum atomic E-state index is 12.4. The number of para-hydroxylation sites is 1. The van der Waals surface area contributed by atoms with Gasteiger partial charge in [0.15, 0.2) is 0 Å². The Labute approximate surface area is 154 Å². The fourth-order valence-electron chi connectivity index (χ4n) is 2.79. The quantitative estimate of drug-likeness (QED) is 0.662. The van der Waals surface area contributed by atoms with E-state index in [0.717, 1.165) is 22.7 Å². The van der Waals surface area contributed by atoms with E-state index in [4.69, 9.17) is 0 Å². The second-order valence-electron chi connectivity index (χ2n) is 5.86. The van der Waals surface area contributed by atoms with Crippen LogP contribution in [-0.2, 0) is 6.42 Å². The molecule has 3 aromatic rings. The molecule has 2 aromatic carbocycles. The third-order valence-corrected chi connectivity index (χ3v) is 4.95. The molecule has 1 aliphatic rings. The molecule has 2 heterocycles. The van der Waals surface area contributed by atoms with Crippen molar-refractivity contribution in [1.29, 1.82) is 0 Å². The molecule has 2 amide bonds. The summed E-state index contributed by atoms with van der Waals surface area (Å²) >= 11 is 1.57. The van der Waals surface area contributed by atoms with Crippen LogP contribution in [0.5, 0.6) is 0 Å². The number of hydrogen-bond donors (Lipinski definition) is 3. The van der Waals surface area contributed by atoms with Gasteiger partial charge in [-0.2, -0.15) is 0 Å². The molecule has 0 bridgehead atoms. The Bertz CT molecular complexity index is 969. The van der Waals surface area contributed by atoms with Gasteiger partial charge in [-0.05, 0) is 30.3 Å². The number of carbonyl (C=O) groups excluding carboxylic acids is 2. The van der Waals surface area contributed by atoms with E-state index in [9.17, 15) is 9.59 Å². The third kappa shape index (κ3) is 3.29. The zero-order valence-corrected chi connectivity index (χ0v) is 14.6. The number of rotatable bonds is 4. The Kier molecular flexibility index (Phi) is 4.37. The summed E-state index contributed by atoms with van der Waals surface area (Å²) in [5.41, 5.74) is 4.92. The van der Waals surface area contributed by atoms with Crippen molar-refractivity contribution in [2.24, 2.45) is 0 Å². The van der Waals surface area contributed by atoms with Crippen LogP contribution in [0, 0.1) is 0 Å². The van der Waals surface area contributed by atoms with E-state index in [1.807, 2.05) is 18.2 Å². The van der Waals surface area contributed by atoms with E-state index in [1.54, 1.807) is 47.3 Å². The van der Waals surface area contributed by atoms with Gasteiger partial charge in [-0.15, -0.1) is 11.3 Å². The smallest absolute Gasteiger partial charge is 0.257 e. The lowest BCUT2D eigenvalue weighted by molar-refractivity contribution is 0.0952. The van der Waals surface area contributed by atoms with Crippen LogP contribution in [0.4, 0.5) is 17.1 Å². The summed E-state index contributed by atoms with van der Waals surface area (Å²) in [6.45, 7) is 0.536. The molecule has 0 atom stereocenters. The number of hydrogen-bond acceptors (Lipinski definition) is 5. The second-order valence-corrected chi connectivity index (χ2v) is 6.83. The van der Waals surface area contributed by atoms with Crippen LogP contribution in [0.15, 0.2) is 54.2 Å². The molecule has 3 N–H and O–H groups in total. The van der Waals surface area contributed by atoms with Crippen LogP contribution in [0.25, 0.3) is 0 Å². The van der Waals surface area contributed by atoms with Gasteiger partial charge in [-0.3, -0.25) is 14.6 Å². The van der Waals surface area contributed by atoms with Crippen LogP contribution in [0.3, 0.4) is 0 Å². The predicted octanol–water partition coefficient (Wildman–Crippen LogP) is 3.42.